The Morgan fingerprint density at radius 3 is 0.464 bits per heavy atom. The van der Waals surface area contributed by atoms with Crippen molar-refractivity contribution in [3.8, 4) is 0 Å². The van der Waals surface area contributed by atoms with Crippen LogP contribution in [0.2, 0.25) is 0 Å². The summed E-state index contributed by atoms with van der Waals surface area (Å²) in [6.07, 6.45) is 0. The molecule has 16 nitrogen and oxygen atoms in total. The van der Waals surface area contributed by atoms with Crippen molar-refractivity contribution < 1.29 is 79.3 Å². The Hall–Kier alpha value is -0.100. The van der Waals surface area contributed by atoms with Crippen LogP contribution >= 0.6 is 15.6 Å². The first-order valence-electron chi connectivity index (χ1n) is 6.92. The molecular weight excluding hydrogens is 438 g/mol. The number of rotatable bonds is 8. The lowest BCUT2D eigenvalue weighted by molar-refractivity contribution is -0.0332. The maximum atomic E-state index is 8.88. The van der Waals surface area contributed by atoms with E-state index in [9.17, 15) is 0 Å². The van der Waals surface area contributed by atoms with Crippen molar-refractivity contribution in [3.63, 3.8) is 0 Å². The van der Waals surface area contributed by atoms with Gasteiger partial charge in [-0.1, -0.05) is 0 Å². The molecule has 14 N–H and O–H groups in total. The molecule has 0 atom stereocenters. The highest BCUT2D eigenvalue weighted by molar-refractivity contribution is 7.45. The monoisotopic (exact) mass is 468 g/mol. The maximum absolute atomic E-state index is 8.88. The van der Waals surface area contributed by atoms with Crippen molar-refractivity contribution in [2.24, 2.45) is 10.8 Å². The molecule has 0 amide bonds. The molecule has 0 aromatic carbocycles. The van der Waals surface area contributed by atoms with Crippen molar-refractivity contribution in [1.82, 2.24) is 0 Å². The maximum Gasteiger partial charge on any atom is 0.466 e. The van der Waals surface area contributed by atoms with E-state index in [0.717, 1.165) is 0 Å². The molecule has 0 aliphatic carbocycles. The second-order valence-electron chi connectivity index (χ2n) is 5.29. The van der Waals surface area contributed by atoms with E-state index in [4.69, 9.17) is 79.3 Å². The summed E-state index contributed by atoms with van der Waals surface area (Å²) >= 11 is 0. The fraction of sp³-hybridized carbons (Fsp3) is 1.00. The van der Waals surface area contributed by atoms with Gasteiger partial charge in [0.2, 0.25) is 0 Å². The highest BCUT2D eigenvalue weighted by atomic mass is 31.2. The third-order valence-electron chi connectivity index (χ3n) is 2.68. The Morgan fingerprint density at radius 1 is 0.393 bits per heavy atom. The van der Waals surface area contributed by atoms with Crippen LogP contribution in [0.15, 0.2) is 0 Å². The number of aliphatic hydroxyl groups excluding tert-OH is 8. The largest absolute Gasteiger partial charge is 0.466 e. The molecule has 0 aliphatic heterocycles. The van der Waals surface area contributed by atoms with E-state index in [1.165, 1.54) is 0 Å². The van der Waals surface area contributed by atoms with Gasteiger partial charge in [-0.2, -0.15) is 0 Å². The first-order valence-corrected chi connectivity index (χ1v) is 10.1. The molecule has 0 aromatic rings. The molecule has 0 radical (unpaired) electrons. The second-order valence-corrected chi connectivity index (χ2v) is 7.34. The minimum Gasteiger partial charge on any atom is -0.396 e. The van der Waals surface area contributed by atoms with Crippen molar-refractivity contribution in [1.29, 1.82) is 0 Å². The minimum absolute atomic E-state index is 0.406. The molecule has 28 heavy (non-hydrogen) atoms. The Kier molecular flexibility index (Phi) is 22.4. The highest BCUT2D eigenvalue weighted by Gasteiger charge is 2.27. The zero-order valence-electron chi connectivity index (χ0n) is 14.6. The molecule has 0 heterocycles. The van der Waals surface area contributed by atoms with Crippen molar-refractivity contribution in [3.05, 3.63) is 0 Å². The van der Waals surface area contributed by atoms with Gasteiger partial charge in [-0.15, -0.1) is 0 Å². The predicted molar refractivity (Wildman–Crippen MR) is 90.1 cm³/mol. The smallest absolute Gasteiger partial charge is 0.396 e. The number of hydrogen-bond acceptors (Lipinski definition) is 10. The normalized spacial score (nSPS) is 11.9. The molecule has 0 fully saturated rings. The van der Waals surface area contributed by atoms with E-state index in [1.54, 1.807) is 0 Å². The van der Waals surface area contributed by atoms with Gasteiger partial charge in [0, 0.05) is 0 Å². The molecule has 0 bridgehead atoms. The summed E-state index contributed by atoms with van der Waals surface area (Å²) in [5.74, 6) is 0. The van der Waals surface area contributed by atoms with Crippen LogP contribution in [0.1, 0.15) is 0 Å². The van der Waals surface area contributed by atoms with E-state index >= 15 is 0 Å². The molecule has 18 heteroatoms. The quantitative estimate of drug-likeness (QED) is 0.147. The van der Waals surface area contributed by atoms with Gasteiger partial charge in [-0.3, -0.25) is 0 Å². The Labute approximate surface area is 159 Å². The van der Waals surface area contributed by atoms with Crippen molar-refractivity contribution in [2.45, 2.75) is 0 Å². The average molecular weight is 468 g/mol. The van der Waals surface area contributed by atoms with Gasteiger partial charge >= 0.3 is 15.6 Å². The molecule has 0 rings (SSSR count). The summed E-state index contributed by atoms with van der Waals surface area (Å²) in [6, 6.07) is 0. The van der Waals surface area contributed by atoms with Crippen molar-refractivity contribution in [2.75, 3.05) is 52.9 Å². The summed E-state index contributed by atoms with van der Waals surface area (Å²) in [5.41, 5.74) is -2.22. The lowest BCUT2D eigenvalue weighted by atomic mass is 9.93. The zero-order valence-corrected chi connectivity index (χ0v) is 16.4. The minimum atomic E-state index is -4.64. The fourth-order valence-corrected chi connectivity index (χ4v) is 0.600. The standard InChI is InChI=1S/2C5H12O4.2H3O4P/c2*6-1-5(2-7,3-8)4-9;2*1-5(2,3)4/h2*6-9H,1-4H2;2*(H3,1,2,3,4). The molecule has 0 saturated heterocycles. The summed E-state index contributed by atoms with van der Waals surface area (Å²) in [6.45, 7) is -3.25. The third-order valence-corrected chi connectivity index (χ3v) is 2.68. The molecule has 0 aromatic heterocycles. The zero-order chi connectivity index (χ0) is 23.7. The topological polar surface area (TPSA) is 317 Å². The lowest BCUT2D eigenvalue weighted by Crippen LogP contribution is -2.37. The number of hydrogen-bond donors (Lipinski definition) is 14. The predicted octanol–water partition coefficient (Wildman–Crippen LogP) is -5.97. The van der Waals surface area contributed by atoms with Crippen LogP contribution in [0.3, 0.4) is 0 Å². The summed E-state index contributed by atoms with van der Waals surface area (Å²) in [7, 11) is -9.28. The highest BCUT2D eigenvalue weighted by Crippen LogP contribution is 2.26. The van der Waals surface area contributed by atoms with E-state index < -0.39 is 79.3 Å². The van der Waals surface area contributed by atoms with Crippen LogP contribution in [0.5, 0.6) is 0 Å². The van der Waals surface area contributed by atoms with E-state index in [0.29, 0.717) is 0 Å². The Balaban J connectivity index is -0.000000143. The first kappa shape index (κ1) is 35.3. The number of aliphatic hydroxyl groups is 8. The van der Waals surface area contributed by atoms with E-state index in [1.807, 2.05) is 0 Å². The molecule has 0 saturated carbocycles. The van der Waals surface area contributed by atoms with Gasteiger partial charge < -0.3 is 70.2 Å². The second kappa shape index (κ2) is 17.7. The number of phosphoric acid groups is 2. The molecule has 0 aliphatic rings. The third kappa shape index (κ3) is 28.1. The van der Waals surface area contributed by atoms with Crippen LogP contribution in [0.4, 0.5) is 0 Å². The molecular formula is C10H30O16P2. The van der Waals surface area contributed by atoms with Crippen LogP contribution < -0.4 is 0 Å². The van der Waals surface area contributed by atoms with Gasteiger partial charge in [0.25, 0.3) is 0 Å². The SMILES string of the molecule is O=P(O)(O)O.O=P(O)(O)O.OCC(CO)(CO)CO.OCC(CO)(CO)CO. The fourth-order valence-electron chi connectivity index (χ4n) is 0.600. The summed E-state index contributed by atoms with van der Waals surface area (Å²) in [4.78, 5) is 43.1. The lowest BCUT2D eigenvalue weighted by Gasteiger charge is -2.23. The van der Waals surface area contributed by atoms with Gasteiger partial charge in [0.05, 0.1) is 63.7 Å². The molecule has 176 valence electrons. The van der Waals surface area contributed by atoms with Crippen molar-refractivity contribution >= 4 is 15.6 Å². The van der Waals surface area contributed by atoms with Gasteiger partial charge in [0.15, 0.2) is 0 Å². The van der Waals surface area contributed by atoms with E-state index in [2.05, 4.69) is 0 Å². The summed E-state index contributed by atoms with van der Waals surface area (Å²) < 4.78 is 17.8. The van der Waals surface area contributed by atoms with Gasteiger partial charge in [-0.05, 0) is 0 Å². The molecule has 0 unspecified atom stereocenters. The van der Waals surface area contributed by atoms with Crippen LogP contribution in [0.25, 0.3) is 0 Å². The first-order chi connectivity index (χ1) is 12.5. The van der Waals surface area contributed by atoms with E-state index in [-0.39, 0.29) is 0 Å². The molecule has 0 spiro atoms. The average Bonchev–Trinajstić information content (AvgIpc) is 2.58. The summed E-state index contributed by atoms with van der Waals surface area (Å²) in [5, 5.41) is 68.0. The van der Waals surface area contributed by atoms with Gasteiger partial charge in [-0.25, -0.2) is 9.13 Å². The Bertz CT molecular complexity index is 334. The van der Waals surface area contributed by atoms with Gasteiger partial charge in [0.1, 0.15) is 0 Å². The van der Waals surface area contributed by atoms with Crippen LogP contribution in [0, 0.1) is 10.8 Å². The van der Waals surface area contributed by atoms with Crippen LogP contribution in [-0.2, 0) is 9.13 Å². The Morgan fingerprint density at radius 2 is 0.464 bits per heavy atom. The van der Waals surface area contributed by atoms with Crippen LogP contribution in [-0.4, -0.2) is 123 Å².